The van der Waals surface area contributed by atoms with E-state index < -0.39 is 41.5 Å². The van der Waals surface area contributed by atoms with E-state index in [1.807, 2.05) is 36.5 Å². The molecule has 0 radical (unpaired) electrons. The van der Waals surface area contributed by atoms with E-state index in [0.29, 0.717) is 70.3 Å². The number of unbranched alkanes of at least 4 members (excludes halogenated alkanes) is 1. The summed E-state index contributed by atoms with van der Waals surface area (Å²) in [7, 11) is 1.58. The van der Waals surface area contributed by atoms with Crippen LogP contribution in [0.15, 0.2) is 88.0 Å². The average Bonchev–Trinajstić information content (AvgIpc) is 3.62. The number of carbonyl (C=O) groups is 3. The van der Waals surface area contributed by atoms with Gasteiger partial charge in [0.15, 0.2) is 0 Å². The fraction of sp³-hybridized carbons (Fsp3) is 0.350. The number of rotatable bonds is 10. The molecule has 1 aliphatic rings. The molecule has 16 heteroatoms. The van der Waals surface area contributed by atoms with Crippen LogP contribution in [0.1, 0.15) is 48.8 Å². The summed E-state index contributed by atoms with van der Waals surface area (Å²) in [6.07, 6.45) is 8.88. The number of nitrogens with two attached hydrogens (primary N) is 1. The van der Waals surface area contributed by atoms with Gasteiger partial charge in [-0.25, -0.2) is 14.8 Å². The molecule has 0 fully saturated rings. The van der Waals surface area contributed by atoms with Crippen LogP contribution in [0.4, 0.5) is 0 Å². The highest BCUT2D eigenvalue weighted by atomic mass is 35.5. The van der Waals surface area contributed by atoms with Gasteiger partial charge in [-0.1, -0.05) is 53.7 Å². The minimum Gasteiger partial charge on any atom is -0.396 e. The molecule has 3 aromatic heterocycles. The Morgan fingerprint density at radius 2 is 1.75 bits per heavy atom. The highest BCUT2D eigenvalue weighted by Crippen LogP contribution is 2.41. The molecule has 294 valence electrons. The molecule has 0 bridgehead atoms. The molecule has 1 aliphatic heterocycles. The number of benzene rings is 2. The summed E-state index contributed by atoms with van der Waals surface area (Å²) in [5, 5.41) is 21.1. The SMILES string of the molecule is CN1C(=O)[C@H](CCCCN)NC(=O)[C@H](CCCO)NCc2cccnc2Sc2c(Cl)ccc(-c3cnc(=O)[nH]c3)c2CNC(=O)[C@@H]1Cc1c[nH]c2ccccc12. The standard InChI is InChI=1S/C40H46ClN9O5S/c1-50-34(18-25-20-44-31-10-3-2-9-28(25)31)37(53)46-23-29-27(26-21-47-40(55)48-22-26)13-14-30(41)35(29)56-38-24(8-6-16-43-38)19-45-32(12-7-17-51)36(52)49-33(39(50)54)11-4-5-15-42/h2-3,6,8-10,13-14,16,20-22,32-34,44-45,51H,4-5,7,11-12,15,17-19,23,42H2,1H3,(H,46,53)(H,49,52)(H,47,48,55)/t32-,33-,34-/m0/s1. The van der Waals surface area contributed by atoms with Crippen LogP contribution in [0, 0.1) is 0 Å². The third-order valence-electron chi connectivity index (χ3n) is 9.96. The lowest BCUT2D eigenvalue weighted by Crippen LogP contribution is -2.57. The molecule has 5 aromatic rings. The van der Waals surface area contributed by atoms with E-state index in [4.69, 9.17) is 17.3 Å². The maximum Gasteiger partial charge on any atom is 0.344 e. The van der Waals surface area contributed by atoms with Crippen molar-refractivity contribution in [2.75, 3.05) is 20.2 Å². The van der Waals surface area contributed by atoms with Gasteiger partial charge in [-0.2, -0.15) is 0 Å². The topological polar surface area (TPSA) is 211 Å². The molecule has 0 saturated carbocycles. The van der Waals surface area contributed by atoms with Gasteiger partial charge in [-0.05, 0) is 79.1 Å². The Morgan fingerprint density at radius 1 is 0.929 bits per heavy atom. The summed E-state index contributed by atoms with van der Waals surface area (Å²) in [5.74, 6) is -1.25. The molecule has 3 atom stereocenters. The third kappa shape index (κ3) is 9.65. The number of H-pyrrole nitrogens is 2. The van der Waals surface area contributed by atoms with Crippen molar-refractivity contribution in [1.29, 1.82) is 0 Å². The molecule has 0 spiro atoms. The number of fused-ring (bicyclic) bond motifs is 3. The molecule has 2 aromatic carbocycles. The number of aromatic amines is 2. The number of amides is 3. The highest BCUT2D eigenvalue weighted by Gasteiger charge is 2.34. The fourth-order valence-corrected chi connectivity index (χ4v) is 8.22. The molecule has 3 amide bonds. The lowest BCUT2D eigenvalue weighted by Gasteiger charge is -2.32. The smallest absolute Gasteiger partial charge is 0.344 e. The van der Waals surface area contributed by atoms with Crippen molar-refractivity contribution in [3.8, 4) is 11.1 Å². The Labute approximate surface area is 333 Å². The number of hydrogen-bond donors (Lipinski definition) is 7. The van der Waals surface area contributed by atoms with Gasteiger partial charge in [-0.15, -0.1) is 0 Å². The Morgan fingerprint density at radius 3 is 2.54 bits per heavy atom. The van der Waals surface area contributed by atoms with Crippen molar-refractivity contribution in [1.82, 2.24) is 40.8 Å². The number of nitrogens with one attached hydrogen (secondary N) is 5. The Bertz CT molecular complexity index is 2210. The van der Waals surface area contributed by atoms with Gasteiger partial charge in [0.05, 0.1) is 11.1 Å². The van der Waals surface area contributed by atoms with E-state index in [1.54, 1.807) is 37.6 Å². The van der Waals surface area contributed by atoms with Crippen LogP contribution < -0.4 is 27.4 Å². The number of nitrogens with zero attached hydrogens (tertiary/aromatic N) is 3. The van der Waals surface area contributed by atoms with Gasteiger partial charge < -0.3 is 41.7 Å². The molecule has 56 heavy (non-hydrogen) atoms. The molecule has 0 aliphatic carbocycles. The zero-order valence-electron chi connectivity index (χ0n) is 31.0. The number of carbonyl (C=O) groups excluding carboxylic acids is 3. The number of aliphatic hydroxyl groups is 1. The minimum absolute atomic E-state index is 0.00289. The van der Waals surface area contributed by atoms with Crippen LogP contribution in [0.3, 0.4) is 0 Å². The maximum absolute atomic E-state index is 14.6. The number of halogens is 1. The first-order valence-corrected chi connectivity index (χ1v) is 19.8. The lowest BCUT2D eigenvalue weighted by atomic mass is 10.00. The minimum atomic E-state index is -0.995. The van der Waals surface area contributed by atoms with Crippen LogP contribution in [0.25, 0.3) is 22.0 Å². The van der Waals surface area contributed by atoms with Crippen molar-refractivity contribution in [3.05, 3.63) is 106 Å². The quantitative estimate of drug-likeness (QED) is 0.102. The van der Waals surface area contributed by atoms with Crippen LogP contribution >= 0.6 is 23.4 Å². The summed E-state index contributed by atoms with van der Waals surface area (Å²) in [4.78, 5) is 71.6. The number of hydrogen-bond acceptors (Lipinski definition) is 10. The first kappa shape index (κ1) is 40.6. The molecular formula is C40H46ClN9O5S. The number of likely N-dealkylation sites (N-methyl/N-ethyl adjacent to an activating group) is 1. The lowest BCUT2D eigenvalue weighted by molar-refractivity contribution is -0.142. The first-order chi connectivity index (χ1) is 27.2. The summed E-state index contributed by atoms with van der Waals surface area (Å²) in [6, 6.07) is 12.3. The van der Waals surface area contributed by atoms with Crippen LogP contribution in [-0.2, 0) is 33.9 Å². The second-order valence-electron chi connectivity index (χ2n) is 13.7. The van der Waals surface area contributed by atoms with E-state index in [-0.39, 0.29) is 26.1 Å². The van der Waals surface area contributed by atoms with Crippen molar-refractivity contribution >= 4 is 52.0 Å². The van der Waals surface area contributed by atoms with Crippen LogP contribution in [-0.4, -0.2) is 86.0 Å². The summed E-state index contributed by atoms with van der Waals surface area (Å²) in [5.41, 5.74) is 9.73. The summed E-state index contributed by atoms with van der Waals surface area (Å²) in [6.45, 7) is 0.549. The van der Waals surface area contributed by atoms with E-state index in [0.717, 1.165) is 22.0 Å². The summed E-state index contributed by atoms with van der Waals surface area (Å²) >= 11 is 8.26. The molecule has 8 N–H and O–H groups in total. The van der Waals surface area contributed by atoms with E-state index in [9.17, 15) is 24.3 Å². The van der Waals surface area contributed by atoms with Gasteiger partial charge in [0, 0.05) is 79.3 Å². The summed E-state index contributed by atoms with van der Waals surface area (Å²) < 4.78 is 0. The van der Waals surface area contributed by atoms with Gasteiger partial charge >= 0.3 is 5.69 Å². The van der Waals surface area contributed by atoms with Gasteiger partial charge in [-0.3, -0.25) is 14.4 Å². The number of para-hydroxylation sites is 1. The fourth-order valence-electron chi connectivity index (χ4n) is 6.88. The molecular weight excluding hydrogens is 754 g/mol. The van der Waals surface area contributed by atoms with Crippen molar-refractivity contribution < 1.29 is 19.5 Å². The van der Waals surface area contributed by atoms with Crippen LogP contribution in [0.2, 0.25) is 5.02 Å². The molecule has 14 nitrogen and oxygen atoms in total. The number of aliphatic hydroxyl groups excluding tert-OH is 1. The van der Waals surface area contributed by atoms with Crippen molar-refractivity contribution in [3.63, 3.8) is 0 Å². The normalized spacial score (nSPS) is 18.5. The largest absolute Gasteiger partial charge is 0.396 e. The Kier molecular flexibility index (Phi) is 13.9. The molecule has 0 unspecified atom stereocenters. The second-order valence-corrected chi connectivity index (χ2v) is 15.1. The van der Waals surface area contributed by atoms with Gasteiger partial charge in [0.2, 0.25) is 17.7 Å². The monoisotopic (exact) mass is 799 g/mol. The van der Waals surface area contributed by atoms with E-state index in [1.165, 1.54) is 22.9 Å². The highest BCUT2D eigenvalue weighted by molar-refractivity contribution is 7.99. The Balaban J connectivity index is 1.47. The zero-order valence-corrected chi connectivity index (χ0v) is 32.6. The molecule has 0 saturated heterocycles. The van der Waals surface area contributed by atoms with E-state index >= 15 is 0 Å². The molecule has 4 heterocycles. The second kappa shape index (κ2) is 19.2. The van der Waals surface area contributed by atoms with E-state index in [2.05, 4.69) is 35.9 Å². The number of aromatic nitrogens is 4. The predicted octanol–water partition coefficient (Wildman–Crippen LogP) is 3.66. The molecule has 6 rings (SSSR count). The Hall–Kier alpha value is -5.06. The van der Waals surface area contributed by atoms with Gasteiger partial charge in [0.1, 0.15) is 17.1 Å². The van der Waals surface area contributed by atoms with Crippen molar-refractivity contribution in [2.24, 2.45) is 5.73 Å². The van der Waals surface area contributed by atoms with Crippen molar-refractivity contribution in [2.45, 2.75) is 79.7 Å². The van der Waals surface area contributed by atoms with Crippen LogP contribution in [0.5, 0.6) is 0 Å². The first-order valence-electron chi connectivity index (χ1n) is 18.6. The average molecular weight is 800 g/mol. The zero-order chi connectivity index (χ0) is 39.6. The number of pyridine rings is 1. The third-order valence-corrected chi connectivity index (χ3v) is 11.6. The maximum atomic E-state index is 14.6. The van der Waals surface area contributed by atoms with Gasteiger partial charge in [0.25, 0.3) is 0 Å². The predicted molar refractivity (Wildman–Crippen MR) is 216 cm³/mol.